The predicted molar refractivity (Wildman–Crippen MR) is 106 cm³/mol. The van der Waals surface area contributed by atoms with Gasteiger partial charge >= 0.3 is 0 Å². The van der Waals surface area contributed by atoms with Crippen LogP contribution in [-0.2, 0) is 0 Å². The zero-order valence-electron chi connectivity index (χ0n) is 14.0. The molecule has 1 N–H and O–H groups in total. The van der Waals surface area contributed by atoms with Crippen LogP contribution in [0.15, 0.2) is 35.8 Å². The van der Waals surface area contributed by atoms with Gasteiger partial charge in [-0.25, -0.2) is 9.97 Å². The number of aromatic nitrogens is 2. The monoisotopic (exact) mass is 380 g/mol. The highest BCUT2D eigenvalue weighted by molar-refractivity contribution is 7.16. The minimum Gasteiger partial charge on any atom is -0.495 e. The lowest BCUT2D eigenvalue weighted by Crippen LogP contribution is -2.00. The summed E-state index contributed by atoms with van der Waals surface area (Å²) in [5, 5.41) is 14.2. The van der Waals surface area contributed by atoms with Crippen molar-refractivity contribution >= 4 is 55.6 Å². The number of hydrogen-bond donors (Lipinski definition) is 1. The second-order valence-electron chi connectivity index (χ2n) is 5.76. The molecule has 2 heterocycles. The summed E-state index contributed by atoms with van der Waals surface area (Å²) in [4.78, 5) is 9.11. The molecular formula is C19H13ClN4OS. The van der Waals surface area contributed by atoms with Crippen molar-refractivity contribution in [3.8, 4) is 11.8 Å². The largest absolute Gasteiger partial charge is 0.495 e. The van der Waals surface area contributed by atoms with Gasteiger partial charge in [0.05, 0.1) is 33.4 Å². The molecule has 0 aliphatic carbocycles. The van der Waals surface area contributed by atoms with E-state index >= 15 is 0 Å². The first-order valence-corrected chi connectivity index (χ1v) is 9.04. The summed E-state index contributed by atoms with van der Waals surface area (Å²) in [6.45, 7) is 1.93. The first kappa shape index (κ1) is 16.6. The van der Waals surface area contributed by atoms with E-state index in [4.69, 9.17) is 21.3 Å². The molecule has 4 aromatic rings. The van der Waals surface area contributed by atoms with Crippen LogP contribution in [0.3, 0.4) is 0 Å². The molecule has 4 rings (SSSR count). The van der Waals surface area contributed by atoms with E-state index in [9.17, 15) is 5.26 Å². The number of hydrogen-bond acceptors (Lipinski definition) is 6. The predicted octanol–water partition coefficient (Wildman–Crippen LogP) is 5.43. The van der Waals surface area contributed by atoms with Crippen LogP contribution in [-0.4, -0.2) is 17.1 Å². The van der Waals surface area contributed by atoms with E-state index in [0.717, 1.165) is 32.4 Å². The van der Waals surface area contributed by atoms with Gasteiger partial charge in [-0.05, 0) is 30.7 Å². The molecule has 0 atom stereocenters. The van der Waals surface area contributed by atoms with E-state index in [1.165, 1.54) is 0 Å². The Morgan fingerprint density at radius 3 is 2.85 bits per heavy atom. The molecular weight excluding hydrogens is 368 g/mol. The molecule has 2 aromatic carbocycles. The Kier molecular flexibility index (Phi) is 4.11. The second kappa shape index (κ2) is 6.45. The molecule has 128 valence electrons. The number of anilines is 2. The Hall–Kier alpha value is -2.88. The summed E-state index contributed by atoms with van der Waals surface area (Å²) >= 11 is 7.73. The summed E-state index contributed by atoms with van der Waals surface area (Å²) in [5.41, 5.74) is 5.56. The van der Waals surface area contributed by atoms with Gasteiger partial charge in [0.25, 0.3) is 0 Å². The smallest absolute Gasteiger partial charge is 0.149 e. The Labute approximate surface area is 158 Å². The first-order valence-electron chi connectivity index (χ1n) is 7.79. The van der Waals surface area contributed by atoms with Crippen molar-refractivity contribution in [3.05, 3.63) is 52.0 Å². The molecule has 0 aliphatic heterocycles. The second-order valence-corrected chi connectivity index (χ2v) is 7.05. The number of benzene rings is 2. The minimum absolute atomic E-state index is 0.459. The van der Waals surface area contributed by atoms with Crippen LogP contribution in [0.5, 0.6) is 5.75 Å². The Bertz CT molecular complexity index is 1200. The van der Waals surface area contributed by atoms with Crippen LogP contribution in [0.4, 0.5) is 11.5 Å². The molecule has 0 saturated heterocycles. The van der Waals surface area contributed by atoms with Gasteiger partial charge in [-0.3, -0.25) is 0 Å². The fourth-order valence-electron chi connectivity index (χ4n) is 2.81. The van der Waals surface area contributed by atoms with Gasteiger partial charge in [-0.15, -0.1) is 11.3 Å². The third kappa shape index (κ3) is 2.71. The number of nitrogens with one attached hydrogen (secondary N) is 1. The average molecular weight is 381 g/mol. The summed E-state index contributed by atoms with van der Waals surface area (Å²) < 4.78 is 6.35. The van der Waals surface area contributed by atoms with Crippen molar-refractivity contribution in [2.75, 3.05) is 12.4 Å². The van der Waals surface area contributed by atoms with E-state index in [-0.39, 0.29) is 0 Å². The molecule has 0 fully saturated rings. The van der Waals surface area contributed by atoms with E-state index in [1.807, 2.05) is 31.2 Å². The van der Waals surface area contributed by atoms with Gasteiger partial charge in [0.1, 0.15) is 23.2 Å². The number of thiazole rings is 1. The number of fused-ring (bicyclic) bond motifs is 3. The van der Waals surface area contributed by atoms with Crippen LogP contribution in [0.1, 0.15) is 11.1 Å². The highest BCUT2D eigenvalue weighted by atomic mass is 35.5. The lowest BCUT2D eigenvalue weighted by molar-refractivity contribution is 0.415. The van der Waals surface area contributed by atoms with Crippen molar-refractivity contribution in [1.29, 1.82) is 5.26 Å². The third-order valence-electron chi connectivity index (χ3n) is 4.16. The van der Waals surface area contributed by atoms with Gasteiger partial charge in [0.2, 0.25) is 0 Å². The summed E-state index contributed by atoms with van der Waals surface area (Å²) in [5.74, 6) is 1.04. The molecule has 0 aliphatic rings. The minimum atomic E-state index is 0.459. The number of rotatable bonds is 3. The number of pyridine rings is 1. The van der Waals surface area contributed by atoms with E-state index in [2.05, 4.69) is 16.4 Å². The van der Waals surface area contributed by atoms with Gasteiger partial charge in [0, 0.05) is 17.1 Å². The standard InChI is InChI=1S/C19H13ClN4OS/c1-10-5-13(20)15(25-2)7-14(10)23-19-12(8-21)6-11-3-4-16-18(17(11)24-19)22-9-26-16/h3-7,9H,1-2H3,(H,23,24). The third-order valence-corrected chi connectivity index (χ3v) is 5.25. The van der Waals surface area contributed by atoms with E-state index in [1.54, 1.807) is 30.0 Å². The maximum absolute atomic E-state index is 9.55. The Balaban J connectivity index is 1.89. The molecule has 0 bridgehead atoms. The van der Waals surface area contributed by atoms with Crippen molar-refractivity contribution in [2.24, 2.45) is 0 Å². The first-order chi connectivity index (χ1) is 12.6. The van der Waals surface area contributed by atoms with Crippen LogP contribution >= 0.6 is 22.9 Å². The number of methoxy groups -OCH3 is 1. The number of halogens is 1. The SMILES string of the molecule is COc1cc(Nc2nc3c(ccc4scnc43)cc2C#N)c(C)cc1Cl. The molecule has 5 nitrogen and oxygen atoms in total. The van der Waals surface area contributed by atoms with Gasteiger partial charge in [-0.2, -0.15) is 5.26 Å². The maximum atomic E-state index is 9.55. The lowest BCUT2D eigenvalue weighted by atomic mass is 10.1. The van der Waals surface area contributed by atoms with Crippen LogP contribution in [0, 0.1) is 18.3 Å². The quantitative estimate of drug-likeness (QED) is 0.513. The van der Waals surface area contributed by atoms with Crippen LogP contribution in [0.25, 0.3) is 21.1 Å². The number of aryl methyl sites for hydroxylation is 1. The fraction of sp³-hybridized carbons (Fsp3) is 0.105. The van der Waals surface area contributed by atoms with Gasteiger partial charge in [-0.1, -0.05) is 17.7 Å². The number of nitriles is 1. The molecule has 26 heavy (non-hydrogen) atoms. The number of ether oxygens (including phenoxy) is 1. The highest BCUT2D eigenvalue weighted by Gasteiger charge is 2.13. The molecule has 0 unspecified atom stereocenters. The molecule has 2 aromatic heterocycles. The average Bonchev–Trinajstić information content (AvgIpc) is 3.12. The molecule has 0 radical (unpaired) electrons. The van der Waals surface area contributed by atoms with E-state index < -0.39 is 0 Å². The van der Waals surface area contributed by atoms with Crippen LogP contribution in [0.2, 0.25) is 5.02 Å². The van der Waals surface area contributed by atoms with Gasteiger partial charge < -0.3 is 10.1 Å². The van der Waals surface area contributed by atoms with Crippen molar-refractivity contribution in [3.63, 3.8) is 0 Å². The number of nitrogens with zero attached hydrogens (tertiary/aromatic N) is 3. The lowest BCUT2D eigenvalue weighted by Gasteiger charge is -2.13. The van der Waals surface area contributed by atoms with Crippen molar-refractivity contribution in [2.45, 2.75) is 6.92 Å². The summed E-state index contributed by atoms with van der Waals surface area (Å²) in [6, 6.07) is 11.6. The zero-order valence-corrected chi connectivity index (χ0v) is 15.6. The van der Waals surface area contributed by atoms with Crippen LogP contribution < -0.4 is 10.1 Å². The van der Waals surface area contributed by atoms with Crippen molar-refractivity contribution in [1.82, 2.24) is 9.97 Å². The molecule has 0 amide bonds. The fourth-order valence-corrected chi connectivity index (χ4v) is 3.79. The Morgan fingerprint density at radius 2 is 2.08 bits per heavy atom. The normalized spacial score (nSPS) is 10.8. The van der Waals surface area contributed by atoms with Crippen molar-refractivity contribution < 1.29 is 4.74 Å². The summed E-state index contributed by atoms with van der Waals surface area (Å²) in [6.07, 6.45) is 0. The maximum Gasteiger partial charge on any atom is 0.149 e. The van der Waals surface area contributed by atoms with E-state index in [0.29, 0.717) is 22.2 Å². The molecule has 0 saturated carbocycles. The molecule has 0 spiro atoms. The highest BCUT2D eigenvalue weighted by Crippen LogP contribution is 2.34. The van der Waals surface area contributed by atoms with Gasteiger partial charge in [0.15, 0.2) is 0 Å². The zero-order chi connectivity index (χ0) is 18.3. The topological polar surface area (TPSA) is 70.8 Å². The molecule has 7 heteroatoms. The Morgan fingerprint density at radius 1 is 1.23 bits per heavy atom. The summed E-state index contributed by atoms with van der Waals surface area (Å²) in [7, 11) is 1.56.